The molecule has 0 saturated heterocycles. The largest absolute Gasteiger partial charge is 0.330 e. The van der Waals surface area contributed by atoms with Gasteiger partial charge in [0, 0.05) is 12.3 Å². The zero-order valence-corrected chi connectivity index (χ0v) is 12.9. The molecule has 0 atom stereocenters. The van der Waals surface area contributed by atoms with Crippen molar-refractivity contribution in [2.24, 2.45) is 0 Å². The van der Waals surface area contributed by atoms with Crippen molar-refractivity contribution < 1.29 is 4.39 Å². The molecule has 1 N–H and O–H groups in total. The van der Waals surface area contributed by atoms with Crippen molar-refractivity contribution in [3.05, 3.63) is 57.3 Å². The van der Waals surface area contributed by atoms with Gasteiger partial charge >= 0.3 is 0 Å². The van der Waals surface area contributed by atoms with Gasteiger partial charge in [0.25, 0.3) is 0 Å². The predicted octanol–water partition coefficient (Wildman–Crippen LogP) is 4.50. The SMILES string of the molecule is CCc1cccnc1Cn1c(=S)[nH]c2cc(F)c(Cl)cc21. The van der Waals surface area contributed by atoms with Crippen molar-refractivity contribution in [3.63, 3.8) is 0 Å². The van der Waals surface area contributed by atoms with Crippen molar-refractivity contribution in [2.45, 2.75) is 19.9 Å². The van der Waals surface area contributed by atoms with Gasteiger partial charge in [-0.3, -0.25) is 4.98 Å². The van der Waals surface area contributed by atoms with Gasteiger partial charge in [0.15, 0.2) is 4.77 Å². The van der Waals surface area contributed by atoms with Crippen LogP contribution >= 0.6 is 23.8 Å². The normalized spacial score (nSPS) is 11.2. The molecule has 6 heteroatoms. The molecule has 0 amide bonds. The first-order valence-corrected chi connectivity index (χ1v) is 7.39. The van der Waals surface area contributed by atoms with Gasteiger partial charge in [-0.2, -0.15) is 0 Å². The molecular formula is C15H13ClFN3S. The summed E-state index contributed by atoms with van der Waals surface area (Å²) in [6, 6.07) is 6.92. The number of halogens is 2. The van der Waals surface area contributed by atoms with E-state index in [0.717, 1.165) is 17.6 Å². The van der Waals surface area contributed by atoms with E-state index in [4.69, 9.17) is 23.8 Å². The van der Waals surface area contributed by atoms with Gasteiger partial charge in [0.05, 0.1) is 28.3 Å². The van der Waals surface area contributed by atoms with Gasteiger partial charge < -0.3 is 9.55 Å². The predicted molar refractivity (Wildman–Crippen MR) is 84.8 cm³/mol. The van der Waals surface area contributed by atoms with Crippen LogP contribution in [-0.4, -0.2) is 14.5 Å². The van der Waals surface area contributed by atoms with Crippen LogP contribution in [0.1, 0.15) is 18.2 Å². The molecule has 0 radical (unpaired) electrons. The zero-order valence-electron chi connectivity index (χ0n) is 11.4. The first-order valence-electron chi connectivity index (χ1n) is 6.60. The number of rotatable bonds is 3. The maximum atomic E-state index is 13.5. The molecule has 0 spiro atoms. The van der Waals surface area contributed by atoms with Gasteiger partial charge in [-0.1, -0.05) is 24.6 Å². The van der Waals surface area contributed by atoms with Gasteiger partial charge in [0.1, 0.15) is 5.82 Å². The Bertz CT molecular complexity index is 869. The number of H-pyrrole nitrogens is 1. The average Bonchev–Trinajstić information content (AvgIpc) is 2.76. The molecule has 108 valence electrons. The highest BCUT2D eigenvalue weighted by Gasteiger charge is 2.11. The molecule has 0 aliphatic heterocycles. The molecule has 0 aliphatic rings. The molecular weight excluding hydrogens is 309 g/mol. The van der Waals surface area contributed by atoms with E-state index < -0.39 is 5.82 Å². The highest BCUT2D eigenvalue weighted by molar-refractivity contribution is 7.71. The highest BCUT2D eigenvalue weighted by Crippen LogP contribution is 2.23. The van der Waals surface area contributed by atoms with Gasteiger partial charge in [-0.25, -0.2) is 4.39 Å². The molecule has 0 saturated carbocycles. The van der Waals surface area contributed by atoms with Crippen LogP contribution in [0.2, 0.25) is 5.02 Å². The van der Waals surface area contributed by atoms with Crippen molar-refractivity contribution >= 4 is 34.9 Å². The maximum Gasteiger partial charge on any atom is 0.178 e. The second-order valence-corrected chi connectivity index (χ2v) is 5.56. The van der Waals surface area contributed by atoms with Crippen molar-refractivity contribution in [2.75, 3.05) is 0 Å². The molecule has 3 rings (SSSR count). The Balaban J connectivity index is 2.14. The Morgan fingerprint density at radius 1 is 1.43 bits per heavy atom. The van der Waals surface area contributed by atoms with Crippen LogP contribution in [0.4, 0.5) is 4.39 Å². The number of hydrogen-bond donors (Lipinski definition) is 1. The average molecular weight is 322 g/mol. The van der Waals surface area contributed by atoms with E-state index in [-0.39, 0.29) is 5.02 Å². The van der Waals surface area contributed by atoms with Crippen LogP contribution in [-0.2, 0) is 13.0 Å². The first kappa shape index (κ1) is 14.2. The fraction of sp³-hybridized carbons (Fsp3) is 0.200. The highest BCUT2D eigenvalue weighted by atomic mass is 35.5. The topological polar surface area (TPSA) is 33.6 Å². The summed E-state index contributed by atoms with van der Waals surface area (Å²) in [5, 5.41) is 0.0852. The maximum absolute atomic E-state index is 13.5. The minimum atomic E-state index is -0.459. The lowest BCUT2D eigenvalue weighted by atomic mass is 10.1. The number of imidazole rings is 1. The van der Waals surface area contributed by atoms with Crippen LogP contribution in [0.5, 0.6) is 0 Å². The number of pyridine rings is 1. The molecule has 3 nitrogen and oxygen atoms in total. The second-order valence-electron chi connectivity index (χ2n) is 4.76. The summed E-state index contributed by atoms with van der Waals surface area (Å²) < 4.78 is 15.9. The summed E-state index contributed by atoms with van der Waals surface area (Å²) >= 11 is 11.2. The molecule has 0 aliphatic carbocycles. The summed E-state index contributed by atoms with van der Waals surface area (Å²) in [6.45, 7) is 2.62. The third-order valence-corrected chi connectivity index (χ3v) is 4.10. The van der Waals surface area contributed by atoms with Crippen molar-refractivity contribution in [1.29, 1.82) is 0 Å². The van der Waals surface area contributed by atoms with E-state index in [1.807, 2.05) is 16.7 Å². The van der Waals surface area contributed by atoms with E-state index in [9.17, 15) is 4.39 Å². The Morgan fingerprint density at radius 2 is 2.24 bits per heavy atom. The number of benzene rings is 1. The van der Waals surface area contributed by atoms with Crippen LogP contribution < -0.4 is 0 Å². The minimum absolute atomic E-state index is 0.0852. The van der Waals surface area contributed by atoms with E-state index in [0.29, 0.717) is 16.8 Å². The molecule has 1 aromatic carbocycles. The number of nitrogens with one attached hydrogen (secondary N) is 1. The Morgan fingerprint density at radius 3 is 3.00 bits per heavy atom. The smallest absolute Gasteiger partial charge is 0.178 e. The van der Waals surface area contributed by atoms with Crippen LogP contribution in [0.3, 0.4) is 0 Å². The number of nitrogens with zero attached hydrogens (tertiary/aromatic N) is 2. The molecule has 0 fully saturated rings. The summed E-state index contributed by atoms with van der Waals surface area (Å²) in [5.41, 5.74) is 3.54. The van der Waals surface area contributed by atoms with E-state index >= 15 is 0 Å². The van der Waals surface area contributed by atoms with E-state index in [1.54, 1.807) is 12.3 Å². The lowest BCUT2D eigenvalue weighted by molar-refractivity contribution is 0.629. The van der Waals surface area contributed by atoms with Gasteiger partial charge in [-0.05, 0) is 36.3 Å². The first-order chi connectivity index (χ1) is 10.1. The third-order valence-electron chi connectivity index (χ3n) is 3.49. The Labute approximate surface area is 131 Å². The number of fused-ring (bicyclic) bond motifs is 1. The third kappa shape index (κ3) is 2.59. The van der Waals surface area contributed by atoms with E-state index in [2.05, 4.69) is 16.9 Å². The monoisotopic (exact) mass is 321 g/mol. The standard InChI is InChI=1S/C15H13ClFN3S/c1-2-9-4-3-5-18-13(9)8-20-14-6-10(16)11(17)7-12(14)19-15(20)21/h3-7H,2,8H2,1H3,(H,19,21). The summed E-state index contributed by atoms with van der Waals surface area (Å²) in [5.74, 6) is -0.459. The quantitative estimate of drug-likeness (QED) is 0.721. The Hall–Kier alpha value is -1.72. The molecule has 2 heterocycles. The zero-order chi connectivity index (χ0) is 15.0. The molecule has 21 heavy (non-hydrogen) atoms. The fourth-order valence-electron chi connectivity index (χ4n) is 2.39. The van der Waals surface area contributed by atoms with Crippen molar-refractivity contribution in [1.82, 2.24) is 14.5 Å². The number of aryl methyl sites for hydroxylation is 1. The number of aromatic amines is 1. The summed E-state index contributed by atoms with van der Waals surface area (Å²) in [6.07, 6.45) is 2.66. The van der Waals surface area contributed by atoms with E-state index in [1.165, 1.54) is 11.6 Å². The summed E-state index contributed by atoms with van der Waals surface area (Å²) in [7, 11) is 0. The van der Waals surface area contributed by atoms with Crippen molar-refractivity contribution in [3.8, 4) is 0 Å². The van der Waals surface area contributed by atoms with Crippen LogP contribution in [0.25, 0.3) is 11.0 Å². The van der Waals surface area contributed by atoms with Gasteiger partial charge in [0.2, 0.25) is 0 Å². The second kappa shape index (κ2) is 5.58. The molecule has 2 aromatic heterocycles. The number of aromatic nitrogens is 3. The number of hydrogen-bond acceptors (Lipinski definition) is 2. The Kier molecular flexibility index (Phi) is 3.78. The molecule has 0 unspecified atom stereocenters. The molecule has 0 bridgehead atoms. The van der Waals surface area contributed by atoms with Crippen LogP contribution in [0, 0.1) is 10.6 Å². The fourth-order valence-corrected chi connectivity index (χ4v) is 2.82. The minimum Gasteiger partial charge on any atom is -0.330 e. The molecule has 3 aromatic rings. The lowest BCUT2D eigenvalue weighted by Gasteiger charge is -2.08. The summed E-state index contributed by atoms with van der Waals surface area (Å²) in [4.78, 5) is 7.43. The lowest BCUT2D eigenvalue weighted by Crippen LogP contribution is -2.05. The van der Waals surface area contributed by atoms with Gasteiger partial charge in [-0.15, -0.1) is 0 Å². The van der Waals surface area contributed by atoms with Crippen LogP contribution in [0.15, 0.2) is 30.5 Å².